The van der Waals surface area contributed by atoms with E-state index in [1.165, 1.54) is 12.1 Å². The lowest BCUT2D eigenvalue weighted by Gasteiger charge is -2.06. The van der Waals surface area contributed by atoms with Crippen molar-refractivity contribution >= 4 is 34.7 Å². The van der Waals surface area contributed by atoms with E-state index in [0.717, 1.165) is 12.3 Å². The van der Waals surface area contributed by atoms with Crippen LogP contribution < -0.4 is 11.2 Å². The Bertz CT molecular complexity index is 1330. The molecule has 13 heteroatoms. The third-order valence-electron chi connectivity index (χ3n) is 4.32. The van der Waals surface area contributed by atoms with E-state index in [4.69, 9.17) is 5.73 Å². The highest BCUT2D eigenvalue weighted by Crippen LogP contribution is 2.28. The van der Waals surface area contributed by atoms with Gasteiger partial charge in [-0.3, -0.25) is 14.9 Å². The Labute approximate surface area is 172 Å². The molecule has 0 atom stereocenters. The van der Waals surface area contributed by atoms with E-state index >= 15 is 0 Å². The van der Waals surface area contributed by atoms with Gasteiger partial charge in [-0.2, -0.15) is 5.10 Å². The highest BCUT2D eigenvalue weighted by Gasteiger charge is 2.20. The maximum absolute atomic E-state index is 12.5. The summed E-state index contributed by atoms with van der Waals surface area (Å²) >= 11 is 0. The number of imidazole rings is 1. The number of fused-ring (bicyclic) bond motifs is 1. The quantitative estimate of drug-likeness (QED) is 0.234. The van der Waals surface area contributed by atoms with E-state index in [2.05, 4.69) is 30.5 Å². The highest BCUT2D eigenvalue weighted by atomic mass is 16.6. The minimum atomic E-state index is -0.721. The predicted octanol–water partition coefficient (Wildman–Crippen LogP) is 1.43. The van der Waals surface area contributed by atoms with Crippen molar-refractivity contribution in [3.8, 4) is 17.3 Å². The third kappa shape index (κ3) is 3.74. The molecular formula is C18H14N8O5. The molecule has 0 bridgehead atoms. The van der Waals surface area contributed by atoms with Crippen LogP contribution in [-0.4, -0.2) is 42.0 Å². The van der Waals surface area contributed by atoms with Crippen LogP contribution in [-0.2, 0) is 11.3 Å². The average molecular weight is 422 g/mol. The Morgan fingerprint density at radius 1 is 1.29 bits per heavy atom. The lowest BCUT2D eigenvalue weighted by atomic mass is 10.2. The van der Waals surface area contributed by atoms with Crippen molar-refractivity contribution < 1.29 is 19.5 Å². The van der Waals surface area contributed by atoms with Crippen LogP contribution in [0, 0.1) is 10.1 Å². The number of nitrogens with zero attached hydrogens (tertiary/aromatic N) is 6. The SMILES string of the molecule is Nc1nonc1-c1nc2ccccc2n1CC(=O)N/N=C\c1cccc([N+](=O)[O-])c1O. The summed E-state index contributed by atoms with van der Waals surface area (Å²) in [5.74, 6) is -0.769. The number of hydrazone groups is 1. The number of nitro groups is 1. The lowest BCUT2D eigenvalue weighted by Crippen LogP contribution is -2.23. The Balaban J connectivity index is 1.57. The van der Waals surface area contributed by atoms with Crippen LogP contribution >= 0.6 is 0 Å². The fourth-order valence-corrected chi connectivity index (χ4v) is 2.92. The van der Waals surface area contributed by atoms with Crippen molar-refractivity contribution in [3.63, 3.8) is 0 Å². The summed E-state index contributed by atoms with van der Waals surface area (Å²) in [5.41, 5.74) is 9.13. The summed E-state index contributed by atoms with van der Waals surface area (Å²) in [6, 6.07) is 11.1. The van der Waals surface area contributed by atoms with E-state index in [1.54, 1.807) is 28.8 Å². The van der Waals surface area contributed by atoms with Gasteiger partial charge in [-0.25, -0.2) is 15.0 Å². The van der Waals surface area contributed by atoms with Crippen LogP contribution in [0.1, 0.15) is 5.56 Å². The number of hydrogen-bond donors (Lipinski definition) is 3. The van der Waals surface area contributed by atoms with Gasteiger partial charge in [0.05, 0.1) is 22.2 Å². The summed E-state index contributed by atoms with van der Waals surface area (Å²) in [6.07, 6.45) is 1.10. The Hall–Kier alpha value is -4.81. The van der Waals surface area contributed by atoms with Gasteiger partial charge in [0.25, 0.3) is 5.91 Å². The normalized spacial score (nSPS) is 11.2. The molecule has 0 aliphatic carbocycles. The number of benzene rings is 2. The standard InChI is InChI=1S/C18H14N8O5/c19-17-15(23-31-24-17)18-21-11-5-1-2-6-12(11)25(18)9-14(27)22-20-8-10-4-3-7-13(16(10)28)26(29)30/h1-8,28H,9H2,(H2,19,24)(H,22,27)/b20-8-. The van der Waals surface area contributed by atoms with Gasteiger partial charge >= 0.3 is 5.69 Å². The highest BCUT2D eigenvalue weighted by molar-refractivity contribution is 5.88. The number of anilines is 1. The number of carbonyl (C=O) groups excluding carboxylic acids is 1. The second-order valence-corrected chi connectivity index (χ2v) is 6.27. The molecule has 4 N–H and O–H groups in total. The van der Waals surface area contributed by atoms with E-state index in [-0.39, 0.29) is 29.4 Å². The predicted molar refractivity (Wildman–Crippen MR) is 108 cm³/mol. The van der Waals surface area contributed by atoms with Crippen LogP contribution in [0.25, 0.3) is 22.6 Å². The Morgan fingerprint density at radius 2 is 2.10 bits per heavy atom. The molecule has 4 aromatic rings. The zero-order chi connectivity index (χ0) is 22.0. The lowest BCUT2D eigenvalue weighted by molar-refractivity contribution is -0.385. The number of rotatable bonds is 6. The van der Waals surface area contributed by atoms with Gasteiger partial charge in [0, 0.05) is 11.6 Å². The molecule has 1 amide bonds. The first kappa shape index (κ1) is 19.5. The number of carbonyl (C=O) groups is 1. The third-order valence-corrected chi connectivity index (χ3v) is 4.32. The largest absolute Gasteiger partial charge is 0.502 e. The number of aromatic hydroxyl groups is 1. The maximum Gasteiger partial charge on any atom is 0.311 e. The van der Waals surface area contributed by atoms with Crippen LogP contribution in [0.5, 0.6) is 5.75 Å². The van der Waals surface area contributed by atoms with Gasteiger partial charge in [0.2, 0.25) is 5.75 Å². The van der Waals surface area contributed by atoms with Crippen molar-refractivity contribution in [3.05, 3.63) is 58.1 Å². The number of nitro benzene ring substituents is 1. The molecule has 0 unspecified atom stereocenters. The minimum absolute atomic E-state index is 0.0242. The number of amides is 1. The fourth-order valence-electron chi connectivity index (χ4n) is 2.92. The number of hydrogen-bond acceptors (Lipinski definition) is 10. The van der Waals surface area contributed by atoms with Crippen molar-refractivity contribution in [1.82, 2.24) is 25.3 Å². The number of phenols is 1. The molecule has 2 aromatic carbocycles. The summed E-state index contributed by atoms with van der Waals surface area (Å²) in [4.78, 5) is 27.1. The number of nitrogen functional groups attached to an aromatic ring is 1. The molecule has 0 spiro atoms. The Kier molecular flexibility index (Phi) is 4.97. The molecule has 156 valence electrons. The molecule has 0 saturated carbocycles. The second-order valence-electron chi connectivity index (χ2n) is 6.27. The first-order valence-corrected chi connectivity index (χ1v) is 8.77. The molecule has 0 aliphatic heterocycles. The Morgan fingerprint density at radius 3 is 2.84 bits per heavy atom. The molecule has 2 heterocycles. The maximum atomic E-state index is 12.5. The van der Waals surface area contributed by atoms with Crippen LogP contribution in [0.3, 0.4) is 0 Å². The van der Waals surface area contributed by atoms with Crippen molar-refractivity contribution in [1.29, 1.82) is 0 Å². The molecular weight excluding hydrogens is 408 g/mol. The number of aromatic nitrogens is 4. The van der Waals surface area contributed by atoms with E-state index in [0.29, 0.717) is 11.0 Å². The molecule has 2 aromatic heterocycles. The fraction of sp³-hybridized carbons (Fsp3) is 0.0556. The van der Waals surface area contributed by atoms with Crippen molar-refractivity contribution in [2.75, 3.05) is 5.73 Å². The first-order chi connectivity index (χ1) is 15.0. The monoisotopic (exact) mass is 422 g/mol. The van der Waals surface area contributed by atoms with Gasteiger partial charge in [0.1, 0.15) is 6.54 Å². The second kappa shape index (κ2) is 7.90. The molecule has 4 rings (SSSR count). The van der Waals surface area contributed by atoms with Crippen molar-refractivity contribution in [2.24, 2.45) is 5.10 Å². The molecule has 0 fully saturated rings. The zero-order valence-electron chi connectivity index (χ0n) is 15.7. The summed E-state index contributed by atoms with van der Waals surface area (Å²) in [7, 11) is 0. The van der Waals surface area contributed by atoms with Gasteiger partial charge in [-0.15, -0.1) is 0 Å². The first-order valence-electron chi connectivity index (χ1n) is 8.77. The van der Waals surface area contributed by atoms with E-state index in [1.807, 2.05) is 0 Å². The number of para-hydroxylation sites is 3. The van der Waals surface area contributed by atoms with E-state index < -0.39 is 22.3 Å². The van der Waals surface area contributed by atoms with Gasteiger partial charge in [0.15, 0.2) is 17.3 Å². The van der Waals surface area contributed by atoms with Gasteiger partial charge in [-0.05, 0) is 28.5 Å². The molecule has 0 radical (unpaired) electrons. The van der Waals surface area contributed by atoms with Crippen LogP contribution in [0.15, 0.2) is 52.2 Å². The number of nitrogens with two attached hydrogens (primary N) is 1. The summed E-state index contributed by atoms with van der Waals surface area (Å²) in [5, 5.41) is 31.9. The van der Waals surface area contributed by atoms with Gasteiger partial charge < -0.3 is 15.4 Å². The molecule has 13 nitrogen and oxygen atoms in total. The zero-order valence-corrected chi connectivity index (χ0v) is 15.7. The summed E-state index contributed by atoms with van der Waals surface area (Å²) in [6.45, 7) is -0.194. The van der Waals surface area contributed by atoms with Crippen LogP contribution in [0.2, 0.25) is 0 Å². The van der Waals surface area contributed by atoms with Crippen LogP contribution in [0.4, 0.5) is 11.5 Å². The molecule has 0 aliphatic rings. The topological polar surface area (TPSA) is 188 Å². The smallest absolute Gasteiger partial charge is 0.311 e. The van der Waals surface area contributed by atoms with Gasteiger partial charge in [-0.1, -0.05) is 18.2 Å². The van der Waals surface area contributed by atoms with E-state index in [9.17, 15) is 20.0 Å². The van der Waals surface area contributed by atoms with Crippen molar-refractivity contribution in [2.45, 2.75) is 6.54 Å². The molecule has 0 saturated heterocycles. The average Bonchev–Trinajstić information content (AvgIpc) is 3.32. The number of nitrogens with one attached hydrogen (secondary N) is 1. The molecule has 31 heavy (non-hydrogen) atoms. The number of phenolic OH excluding ortho intramolecular Hbond substituents is 1. The minimum Gasteiger partial charge on any atom is -0.502 e. The summed E-state index contributed by atoms with van der Waals surface area (Å²) < 4.78 is 6.20.